The van der Waals surface area contributed by atoms with E-state index in [0.29, 0.717) is 6.85 Å². The lowest BCUT2D eigenvalue weighted by Gasteiger charge is -2.19. The molecule has 38 heavy (non-hydrogen) atoms. The first-order chi connectivity index (χ1) is 18.5. The summed E-state index contributed by atoms with van der Waals surface area (Å²) in [5.74, 6) is 0. The zero-order valence-electron chi connectivity index (χ0n) is 26.1. The molecule has 1 nitrogen and oxygen atoms in total. The summed E-state index contributed by atoms with van der Waals surface area (Å²) < 4.78 is 0. The van der Waals surface area contributed by atoms with E-state index in [4.69, 9.17) is 0 Å². The van der Waals surface area contributed by atoms with Crippen molar-refractivity contribution in [1.29, 1.82) is 0 Å². The molecule has 0 unspecified atom stereocenters. The SMILES string of the molecule is CCCCCCCCCCc1cc2c(cc1C)B(N(C)C)c1cc(C)c(CCCCCCCCCC)cc1-2. The monoisotopic (exact) mass is 515 g/mol. The summed E-state index contributed by atoms with van der Waals surface area (Å²) in [6, 6.07) is 10.2. The lowest BCUT2D eigenvalue weighted by molar-refractivity contribution is 0.575. The zero-order valence-corrected chi connectivity index (χ0v) is 26.1. The van der Waals surface area contributed by atoms with E-state index in [9.17, 15) is 0 Å². The highest BCUT2D eigenvalue weighted by Crippen LogP contribution is 2.30. The van der Waals surface area contributed by atoms with Crippen molar-refractivity contribution in [2.75, 3.05) is 14.1 Å². The standard InChI is InChI=1S/C36H58BN/c1-7-9-11-13-15-17-19-21-23-31-27-33-34-28-32(24-22-20-18-16-14-12-10-8-2)30(4)26-36(34)37(38(5)6)35(33)25-29(31)3/h25-28H,7-24H2,1-6H3. The van der Waals surface area contributed by atoms with Crippen LogP contribution in [0.5, 0.6) is 0 Å². The average Bonchev–Trinajstić information content (AvgIpc) is 3.19. The van der Waals surface area contributed by atoms with E-state index < -0.39 is 0 Å². The van der Waals surface area contributed by atoms with Crippen molar-refractivity contribution in [2.24, 2.45) is 0 Å². The summed E-state index contributed by atoms with van der Waals surface area (Å²) in [7, 11) is 4.49. The molecule has 0 atom stereocenters. The molecule has 1 aliphatic heterocycles. The van der Waals surface area contributed by atoms with E-state index in [0.717, 1.165) is 0 Å². The zero-order chi connectivity index (χ0) is 27.3. The van der Waals surface area contributed by atoms with Crippen LogP contribution in [0.1, 0.15) is 139 Å². The maximum absolute atomic E-state index is 2.57. The summed E-state index contributed by atoms with van der Waals surface area (Å²) in [6.45, 7) is 9.67. The van der Waals surface area contributed by atoms with Gasteiger partial charge in [-0.15, -0.1) is 0 Å². The van der Waals surface area contributed by atoms with Crippen LogP contribution >= 0.6 is 0 Å². The topological polar surface area (TPSA) is 3.24 Å². The van der Waals surface area contributed by atoms with Gasteiger partial charge in [0.2, 0.25) is 0 Å². The van der Waals surface area contributed by atoms with Crippen molar-refractivity contribution in [2.45, 2.75) is 143 Å². The van der Waals surface area contributed by atoms with Crippen LogP contribution in [-0.4, -0.2) is 25.8 Å². The number of fused-ring (bicyclic) bond motifs is 3. The third kappa shape index (κ3) is 8.74. The number of hydrogen-bond donors (Lipinski definition) is 0. The highest BCUT2D eigenvalue weighted by atomic mass is 15.0. The minimum atomic E-state index is 0.381. The second kappa shape index (κ2) is 16.5. The van der Waals surface area contributed by atoms with Crippen LogP contribution in [0.4, 0.5) is 0 Å². The highest BCUT2D eigenvalue weighted by molar-refractivity contribution is 6.87. The Balaban J connectivity index is 1.65. The molecule has 210 valence electrons. The van der Waals surface area contributed by atoms with Crippen LogP contribution in [0.2, 0.25) is 0 Å². The molecular weight excluding hydrogens is 457 g/mol. The summed E-state index contributed by atoms with van der Waals surface area (Å²) in [4.78, 5) is 2.42. The van der Waals surface area contributed by atoms with E-state index in [-0.39, 0.29) is 0 Å². The van der Waals surface area contributed by atoms with Crippen LogP contribution in [0.25, 0.3) is 11.1 Å². The van der Waals surface area contributed by atoms with Crippen LogP contribution in [0, 0.1) is 13.8 Å². The van der Waals surface area contributed by atoms with Gasteiger partial charge in [-0.05, 0) is 97.9 Å². The molecule has 0 bridgehead atoms. The van der Waals surface area contributed by atoms with Crippen molar-refractivity contribution >= 4 is 17.8 Å². The fourth-order valence-corrected chi connectivity index (χ4v) is 6.63. The quantitative estimate of drug-likeness (QED) is 0.133. The van der Waals surface area contributed by atoms with Gasteiger partial charge in [-0.2, -0.15) is 0 Å². The summed E-state index contributed by atoms with van der Waals surface area (Å²) in [5, 5.41) is 0. The molecule has 0 saturated carbocycles. The lowest BCUT2D eigenvalue weighted by Crippen LogP contribution is -2.50. The van der Waals surface area contributed by atoms with Crippen molar-refractivity contribution in [3.63, 3.8) is 0 Å². The number of benzene rings is 2. The maximum Gasteiger partial charge on any atom is 0.293 e. The van der Waals surface area contributed by atoms with E-state index in [2.05, 4.69) is 70.9 Å². The molecule has 3 rings (SSSR count). The van der Waals surface area contributed by atoms with E-state index in [1.165, 1.54) is 149 Å². The van der Waals surface area contributed by atoms with Crippen LogP contribution in [-0.2, 0) is 12.8 Å². The van der Waals surface area contributed by atoms with Gasteiger partial charge in [-0.25, -0.2) is 0 Å². The van der Waals surface area contributed by atoms with Gasteiger partial charge in [0.25, 0.3) is 6.85 Å². The Morgan fingerprint density at radius 1 is 0.500 bits per heavy atom. The van der Waals surface area contributed by atoms with Gasteiger partial charge >= 0.3 is 0 Å². The molecule has 0 saturated heterocycles. The molecule has 0 aromatic heterocycles. The summed E-state index contributed by atoms with van der Waals surface area (Å²) in [5.41, 5.74) is 12.2. The number of nitrogens with zero attached hydrogens (tertiary/aromatic N) is 1. The second-order valence-electron chi connectivity index (χ2n) is 12.5. The largest absolute Gasteiger partial charge is 0.340 e. The first-order valence-electron chi connectivity index (χ1n) is 16.4. The van der Waals surface area contributed by atoms with E-state index >= 15 is 0 Å². The van der Waals surface area contributed by atoms with Gasteiger partial charge < -0.3 is 4.81 Å². The molecule has 2 aromatic rings. The average molecular weight is 516 g/mol. The Labute approximate surface area is 237 Å². The molecule has 0 radical (unpaired) electrons. The molecule has 0 spiro atoms. The molecule has 0 amide bonds. The van der Waals surface area contributed by atoms with Crippen molar-refractivity contribution < 1.29 is 0 Å². The fraction of sp³-hybridized carbons (Fsp3) is 0.667. The van der Waals surface area contributed by atoms with E-state index in [1.807, 2.05) is 0 Å². The number of aryl methyl sites for hydroxylation is 4. The van der Waals surface area contributed by atoms with Gasteiger partial charge in [0.05, 0.1) is 0 Å². The molecule has 0 N–H and O–H groups in total. The number of unbranched alkanes of at least 4 members (excludes halogenated alkanes) is 14. The molecule has 0 fully saturated rings. The molecule has 2 heteroatoms. The smallest absolute Gasteiger partial charge is 0.293 e. The molecule has 1 aliphatic rings. The van der Waals surface area contributed by atoms with Crippen molar-refractivity contribution in [3.8, 4) is 11.1 Å². The van der Waals surface area contributed by atoms with Crippen molar-refractivity contribution in [3.05, 3.63) is 46.5 Å². The van der Waals surface area contributed by atoms with Crippen LogP contribution < -0.4 is 10.9 Å². The third-order valence-corrected chi connectivity index (χ3v) is 9.01. The van der Waals surface area contributed by atoms with Gasteiger partial charge in [-0.1, -0.05) is 128 Å². The maximum atomic E-state index is 2.57. The van der Waals surface area contributed by atoms with Gasteiger partial charge in [-0.3, -0.25) is 0 Å². The highest BCUT2D eigenvalue weighted by Gasteiger charge is 2.35. The van der Waals surface area contributed by atoms with E-state index in [1.54, 1.807) is 11.1 Å². The Morgan fingerprint density at radius 2 is 0.842 bits per heavy atom. The Hall–Kier alpha value is -1.54. The normalized spacial score (nSPS) is 12.4. The minimum Gasteiger partial charge on any atom is -0.340 e. The van der Waals surface area contributed by atoms with Crippen molar-refractivity contribution in [1.82, 2.24) is 4.81 Å². The van der Waals surface area contributed by atoms with Gasteiger partial charge in [0.15, 0.2) is 0 Å². The fourth-order valence-electron chi connectivity index (χ4n) is 6.63. The number of hydrogen-bond acceptors (Lipinski definition) is 1. The van der Waals surface area contributed by atoms with Gasteiger partial charge in [0.1, 0.15) is 0 Å². The third-order valence-electron chi connectivity index (χ3n) is 9.01. The minimum absolute atomic E-state index is 0.381. The lowest BCUT2D eigenvalue weighted by atomic mass is 9.52. The predicted molar refractivity (Wildman–Crippen MR) is 173 cm³/mol. The Morgan fingerprint density at radius 3 is 1.18 bits per heavy atom. The first kappa shape index (κ1) is 31.0. The molecular formula is C36H58BN. The van der Waals surface area contributed by atoms with Gasteiger partial charge in [0, 0.05) is 0 Å². The Bertz CT molecular complexity index is 900. The van der Waals surface area contributed by atoms with Crippen LogP contribution in [0.3, 0.4) is 0 Å². The molecule has 0 aliphatic carbocycles. The summed E-state index contributed by atoms with van der Waals surface area (Å²) in [6.07, 6.45) is 24.7. The molecule has 1 heterocycles. The predicted octanol–water partition coefficient (Wildman–Crippen LogP) is 9.32. The summed E-state index contributed by atoms with van der Waals surface area (Å²) >= 11 is 0. The second-order valence-corrected chi connectivity index (χ2v) is 12.5. The number of rotatable bonds is 19. The molecule has 2 aromatic carbocycles. The van der Waals surface area contributed by atoms with Crippen LogP contribution in [0.15, 0.2) is 24.3 Å². The first-order valence-corrected chi connectivity index (χ1v) is 16.4. The Kier molecular flexibility index (Phi) is 13.5.